The minimum Gasteiger partial charge on any atom is -0.341 e. The van der Waals surface area contributed by atoms with E-state index in [1.807, 2.05) is 17.8 Å². The van der Waals surface area contributed by atoms with Crippen molar-refractivity contribution >= 4 is 7.82 Å². The third-order valence-corrected chi connectivity index (χ3v) is 3.91. The van der Waals surface area contributed by atoms with Gasteiger partial charge in [-0.2, -0.15) is 0 Å². The predicted octanol–water partition coefficient (Wildman–Crippen LogP) is 4.44. The van der Waals surface area contributed by atoms with E-state index in [0.29, 0.717) is 0 Å². The largest absolute Gasteiger partial charge is 0.469 e. The van der Waals surface area contributed by atoms with Crippen molar-refractivity contribution < 1.29 is 18.9 Å². The van der Waals surface area contributed by atoms with E-state index in [0.717, 1.165) is 19.3 Å². The van der Waals surface area contributed by atoms with Crippen LogP contribution in [0.15, 0.2) is 18.7 Å². The van der Waals surface area contributed by atoms with Crippen LogP contribution in [0, 0.1) is 0 Å². The number of unbranched alkanes of at least 4 members (excludes halogenated alkanes) is 9. The molecule has 7 heteroatoms. The molecule has 1 heterocycles. The van der Waals surface area contributed by atoms with Crippen LogP contribution in [0.1, 0.15) is 71.1 Å². The lowest BCUT2D eigenvalue weighted by Gasteiger charge is -2.05. The third kappa shape index (κ3) is 19.3. The van der Waals surface area contributed by atoms with E-state index < -0.39 is 7.82 Å². The van der Waals surface area contributed by atoms with Crippen molar-refractivity contribution in [3.8, 4) is 0 Å². The fourth-order valence-corrected chi connectivity index (χ4v) is 2.47. The Hall–Kier alpha value is -0.680. The summed E-state index contributed by atoms with van der Waals surface area (Å²) in [7, 11) is -2.31. The lowest BCUT2D eigenvalue weighted by atomic mass is 10.1. The molecule has 1 rings (SSSR count). The number of aryl methyl sites for hydroxylation is 1. The summed E-state index contributed by atoms with van der Waals surface area (Å²) in [6.45, 7) is 2.39. The molecule has 0 aliphatic rings. The van der Waals surface area contributed by atoms with E-state index in [9.17, 15) is 4.57 Å². The molecule has 0 aliphatic heterocycles. The summed E-state index contributed by atoms with van der Waals surface area (Å²) in [5.74, 6) is 0. The molecule has 6 nitrogen and oxygen atoms in total. The molecule has 0 unspecified atom stereocenters. The van der Waals surface area contributed by atoms with Crippen LogP contribution >= 0.6 is 7.82 Å². The average molecular weight is 348 g/mol. The van der Waals surface area contributed by atoms with Gasteiger partial charge in [0, 0.05) is 19.4 Å². The Morgan fingerprint density at radius 2 is 1.52 bits per heavy atom. The van der Waals surface area contributed by atoms with E-state index in [2.05, 4.69) is 16.4 Å². The maximum absolute atomic E-state index is 10.4. The zero-order chi connectivity index (χ0) is 17.4. The molecule has 1 aromatic heterocycles. The summed E-state index contributed by atoms with van der Waals surface area (Å²) in [4.78, 5) is 20.7. The molecule has 0 fully saturated rings. The van der Waals surface area contributed by atoms with Crippen molar-refractivity contribution in [2.75, 3.05) is 6.61 Å². The first-order valence-corrected chi connectivity index (χ1v) is 10.1. The number of imidazole rings is 1. The fraction of sp³-hybridized carbons (Fsp3) is 0.812. The van der Waals surface area contributed by atoms with Crippen LogP contribution in [0.25, 0.3) is 0 Å². The Balaban J connectivity index is 0.000000664. The van der Waals surface area contributed by atoms with Gasteiger partial charge in [0.15, 0.2) is 0 Å². The van der Waals surface area contributed by atoms with Gasteiger partial charge < -0.3 is 14.4 Å². The topological polar surface area (TPSA) is 84.6 Å². The lowest BCUT2D eigenvalue weighted by Crippen LogP contribution is -1.92. The first-order valence-electron chi connectivity index (χ1n) is 8.57. The molecule has 0 atom stereocenters. The van der Waals surface area contributed by atoms with Crippen LogP contribution in [0.2, 0.25) is 0 Å². The van der Waals surface area contributed by atoms with Crippen molar-refractivity contribution in [3.63, 3.8) is 0 Å². The molecule has 0 bridgehead atoms. The van der Waals surface area contributed by atoms with Crippen LogP contribution in [0.4, 0.5) is 0 Å². The highest BCUT2D eigenvalue weighted by Crippen LogP contribution is 2.35. The normalized spacial score (nSPS) is 11.1. The van der Waals surface area contributed by atoms with E-state index in [1.165, 1.54) is 44.9 Å². The fourth-order valence-electron chi connectivity index (χ4n) is 2.10. The molecule has 23 heavy (non-hydrogen) atoms. The predicted molar refractivity (Wildman–Crippen MR) is 93.0 cm³/mol. The minimum atomic E-state index is -4.24. The quantitative estimate of drug-likeness (QED) is 0.431. The van der Waals surface area contributed by atoms with Crippen LogP contribution in [-0.2, 0) is 16.1 Å². The highest BCUT2D eigenvalue weighted by Gasteiger charge is 2.12. The second-order valence-corrected chi connectivity index (χ2v) is 6.97. The number of phosphoric acid groups is 1. The number of aromatic nitrogens is 2. The zero-order valence-electron chi connectivity index (χ0n) is 14.6. The van der Waals surface area contributed by atoms with Crippen LogP contribution < -0.4 is 0 Å². The molecular weight excluding hydrogens is 315 g/mol. The summed E-state index contributed by atoms with van der Waals surface area (Å²) >= 11 is 0. The second-order valence-electron chi connectivity index (χ2n) is 5.73. The number of hydrogen-bond acceptors (Lipinski definition) is 3. The van der Waals surface area contributed by atoms with Crippen molar-refractivity contribution in [2.24, 2.45) is 7.05 Å². The van der Waals surface area contributed by atoms with Gasteiger partial charge in [-0.3, -0.25) is 4.52 Å². The zero-order valence-corrected chi connectivity index (χ0v) is 15.5. The first kappa shape index (κ1) is 22.3. The molecular formula is C16H33N2O4P. The van der Waals surface area contributed by atoms with E-state index >= 15 is 0 Å². The van der Waals surface area contributed by atoms with Crippen molar-refractivity contribution in [3.05, 3.63) is 18.7 Å². The van der Waals surface area contributed by atoms with Crippen molar-refractivity contribution in [1.82, 2.24) is 9.55 Å². The molecule has 0 saturated carbocycles. The molecule has 1 aromatic rings. The SMILES string of the molecule is CCCCCCCCCCCCOP(=O)(O)O.Cn1ccnc1. The molecule has 0 aliphatic carbocycles. The monoisotopic (exact) mass is 348 g/mol. The van der Waals surface area contributed by atoms with E-state index in [1.54, 1.807) is 12.5 Å². The number of nitrogens with zero attached hydrogens (tertiary/aromatic N) is 2. The third-order valence-electron chi connectivity index (χ3n) is 3.39. The summed E-state index contributed by atoms with van der Waals surface area (Å²) in [5.41, 5.74) is 0. The number of rotatable bonds is 12. The molecule has 0 saturated heterocycles. The minimum absolute atomic E-state index is 0.167. The summed E-state index contributed by atoms with van der Waals surface area (Å²) < 4.78 is 16.6. The maximum atomic E-state index is 10.4. The Morgan fingerprint density at radius 3 is 1.87 bits per heavy atom. The van der Waals surface area contributed by atoms with Crippen LogP contribution in [0.5, 0.6) is 0 Å². The molecule has 136 valence electrons. The van der Waals surface area contributed by atoms with E-state index in [-0.39, 0.29) is 6.61 Å². The molecule has 0 radical (unpaired) electrons. The summed E-state index contributed by atoms with van der Waals surface area (Å²) in [6, 6.07) is 0. The Labute approximate surface area is 140 Å². The smallest absolute Gasteiger partial charge is 0.341 e. The van der Waals surface area contributed by atoms with Gasteiger partial charge in [-0.15, -0.1) is 0 Å². The van der Waals surface area contributed by atoms with Crippen molar-refractivity contribution in [2.45, 2.75) is 71.1 Å². The van der Waals surface area contributed by atoms with Gasteiger partial charge in [0.25, 0.3) is 0 Å². The summed E-state index contributed by atoms with van der Waals surface area (Å²) in [5, 5.41) is 0. The van der Waals surface area contributed by atoms with Gasteiger partial charge in [0.1, 0.15) is 0 Å². The molecule has 0 spiro atoms. The van der Waals surface area contributed by atoms with E-state index in [4.69, 9.17) is 9.79 Å². The van der Waals surface area contributed by atoms with Gasteiger partial charge in [0.2, 0.25) is 0 Å². The van der Waals surface area contributed by atoms with Crippen molar-refractivity contribution in [1.29, 1.82) is 0 Å². The maximum Gasteiger partial charge on any atom is 0.469 e. The second kappa shape index (κ2) is 14.9. The number of phosphoric ester groups is 1. The van der Waals surface area contributed by atoms with Gasteiger partial charge in [-0.25, -0.2) is 9.55 Å². The van der Waals surface area contributed by atoms with Gasteiger partial charge >= 0.3 is 7.82 Å². The Bertz CT molecular complexity index is 393. The highest BCUT2D eigenvalue weighted by atomic mass is 31.2. The van der Waals surface area contributed by atoms with Gasteiger partial charge in [-0.1, -0.05) is 64.7 Å². The molecule has 2 N–H and O–H groups in total. The summed E-state index contributed by atoms with van der Waals surface area (Å²) in [6.07, 6.45) is 17.4. The average Bonchev–Trinajstić information content (AvgIpc) is 2.95. The standard InChI is InChI=1S/C12H27O4P.C4H6N2/c1-2-3-4-5-6-7-8-9-10-11-12-16-17(13,14)15;1-6-3-2-5-4-6/h2-12H2,1H3,(H2,13,14,15);2-4H,1H3. The Morgan fingerprint density at radius 1 is 1.00 bits per heavy atom. The number of hydrogen-bond donors (Lipinski definition) is 2. The van der Waals surface area contributed by atoms with Crippen LogP contribution in [-0.4, -0.2) is 25.9 Å². The highest BCUT2D eigenvalue weighted by molar-refractivity contribution is 7.46. The lowest BCUT2D eigenvalue weighted by molar-refractivity contribution is 0.193. The molecule has 0 aromatic carbocycles. The van der Waals surface area contributed by atoms with Gasteiger partial charge in [0.05, 0.1) is 12.9 Å². The molecule has 0 amide bonds. The van der Waals surface area contributed by atoms with Gasteiger partial charge in [-0.05, 0) is 6.42 Å². The van der Waals surface area contributed by atoms with Crippen LogP contribution in [0.3, 0.4) is 0 Å². The first-order chi connectivity index (χ1) is 11.0. The Kier molecular flexibility index (Phi) is 14.4.